The smallest absolute Gasteiger partial charge is 0.316 e. The van der Waals surface area contributed by atoms with E-state index in [1.165, 1.54) is 11.4 Å². The van der Waals surface area contributed by atoms with Gasteiger partial charge in [0.05, 0.1) is 5.39 Å². The van der Waals surface area contributed by atoms with Crippen LogP contribution in [0.4, 0.5) is 17.2 Å². The largest absolute Gasteiger partial charge is 0.372 e. The van der Waals surface area contributed by atoms with E-state index in [1.807, 2.05) is 40.0 Å². The highest BCUT2D eigenvalue weighted by Gasteiger charge is 2.29. The van der Waals surface area contributed by atoms with E-state index in [4.69, 9.17) is 9.51 Å². The number of allylic oxidation sites excluding steroid dienone is 2. The molecular weight excluding hydrogens is 785 g/mol. The predicted octanol–water partition coefficient (Wildman–Crippen LogP) is 5.18. The molecule has 16 heteroatoms. The number of aromatic nitrogens is 5. The van der Waals surface area contributed by atoms with Crippen LogP contribution in [-0.2, 0) is 15.0 Å². The Hall–Kier alpha value is -5.77. The van der Waals surface area contributed by atoms with Crippen molar-refractivity contribution in [3.05, 3.63) is 71.9 Å². The second-order valence-electron chi connectivity index (χ2n) is 18.0. The lowest BCUT2D eigenvalue weighted by Gasteiger charge is -2.40. The summed E-state index contributed by atoms with van der Waals surface area (Å²) in [5.74, 6) is 2.22. The number of benzene rings is 1. The number of carbonyl (C=O) groups is 3. The summed E-state index contributed by atoms with van der Waals surface area (Å²) in [6, 6.07) is 10.3. The Bertz CT molecular complexity index is 2180. The van der Waals surface area contributed by atoms with Gasteiger partial charge in [-0.1, -0.05) is 32.0 Å². The summed E-state index contributed by atoms with van der Waals surface area (Å²) < 4.78 is 5.31. The van der Waals surface area contributed by atoms with Crippen molar-refractivity contribution in [2.75, 3.05) is 101 Å². The molecular formula is C46H64N12O4. The molecule has 332 valence electrons. The average Bonchev–Trinajstić information content (AvgIpc) is 3.96. The molecule has 6 heterocycles. The molecule has 3 aliphatic heterocycles. The molecule has 0 radical (unpaired) electrons. The number of H-pyrrole nitrogens is 1. The molecule has 0 spiro atoms. The normalized spacial score (nSPS) is 17.6. The fourth-order valence-electron chi connectivity index (χ4n) is 8.80. The van der Waals surface area contributed by atoms with Crippen molar-refractivity contribution in [1.82, 2.24) is 45.1 Å². The van der Waals surface area contributed by atoms with Crippen molar-refractivity contribution in [3.8, 4) is 0 Å². The molecule has 3 aliphatic rings. The molecule has 3 saturated heterocycles. The molecule has 1 aromatic carbocycles. The second-order valence-corrected chi connectivity index (χ2v) is 18.0. The van der Waals surface area contributed by atoms with Gasteiger partial charge in [-0.25, -0.2) is 9.97 Å². The van der Waals surface area contributed by atoms with E-state index in [0.29, 0.717) is 30.7 Å². The average molecular weight is 849 g/mol. The number of nitrogens with zero attached hydrogens (tertiary/aromatic N) is 10. The number of piperazine rings is 1. The maximum Gasteiger partial charge on any atom is 0.316 e. The van der Waals surface area contributed by atoms with E-state index >= 15 is 0 Å². The summed E-state index contributed by atoms with van der Waals surface area (Å²) in [6.07, 6.45) is 13.4. The van der Waals surface area contributed by atoms with Crippen molar-refractivity contribution < 1.29 is 18.9 Å². The lowest BCUT2D eigenvalue weighted by Crippen LogP contribution is -2.48. The van der Waals surface area contributed by atoms with E-state index in [0.717, 1.165) is 119 Å². The maximum atomic E-state index is 13.1. The Morgan fingerprint density at radius 1 is 0.952 bits per heavy atom. The first kappa shape index (κ1) is 44.3. The van der Waals surface area contributed by atoms with Crippen LogP contribution in [0.1, 0.15) is 82.0 Å². The Morgan fingerprint density at radius 3 is 2.29 bits per heavy atom. The van der Waals surface area contributed by atoms with E-state index in [9.17, 15) is 14.4 Å². The zero-order valence-corrected chi connectivity index (χ0v) is 37.3. The van der Waals surface area contributed by atoms with Crippen LogP contribution >= 0.6 is 0 Å². The van der Waals surface area contributed by atoms with E-state index in [2.05, 4.69) is 88.4 Å². The fraction of sp³-hybridized carbons (Fsp3) is 0.543. The van der Waals surface area contributed by atoms with Gasteiger partial charge in [-0.05, 0) is 86.9 Å². The summed E-state index contributed by atoms with van der Waals surface area (Å²) in [6.45, 7) is 17.9. The Labute approximate surface area is 365 Å². The first-order chi connectivity index (χ1) is 29.9. The summed E-state index contributed by atoms with van der Waals surface area (Å²) in [5.41, 5.74) is 4.71. The number of piperidine rings is 2. The van der Waals surface area contributed by atoms with Gasteiger partial charge in [0.15, 0.2) is 5.82 Å². The van der Waals surface area contributed by atoms with Crippen molar-refractivity contribution >= 4 is 52.5 Å². The van der Waals surface area contributed by atoms with Gasteiger partial charge in [0, 0.05) is 121 Å². The molecule has 3 amide bonds. The lowest BCUT2D eigenvalue weighted by molar-refractivity contribution is -0.120. The predicted molar refractivity (Wildman–Crippen MR) is 243 cm³/mol. The molecule has 0 bridgehead atoms. The van der Waals surface area contributed by atoms with Crippen LogP contribution < -0.4 is 20.0 Å². The Morgan fingerprint density at radius 2 is 1.65 bits per heavy atom. The molecule has 62 heavy (non-hydrogen) atoms. The van der Waals surface area contributed by atoms with Crippen molar-refractivity contribution in [2.45, 2.75) is 65.2 Å². The van der Waals surface area contributed by atoms with E-state index in [-0.39, 0.29) is 29.5 Å². The molecule has 0 unspecified atom stereocenters. The second kappa shape index (κ2) is 20.0. The van der Waals surface area contributed by atoms with Gasteiger partial charge in [0.25, 0.3) is 0 Å². The molecule has 3 aromatic heterocycles. The minimum absolute atomic E-state index is 0.0445. The molecule has 4 aromatic rings. The highest BCUT2D eigenvalue weighted by molar-refractivity contribution is 5.90. The Kier molecular flexibility index (Phi) is 14.3. The summed E-state index contributed by atoms with van der Waals surface area (Å²) in [5, 5.41) is 7.64. The minimum Gasteiger partial charge on any atom is -0.372 e. The Balaban J connectivity index is 0.883. The first-order valence-electron chi connectivity index (χ1n) is 22.2. The van der Waals surface area contributed by atoms with Crippen molar-refractivity contribution in [3.63, 3.8) is 0 Å². The van der Waals surface area contributed by atoms with Gasteiger partial charge < -0.3 is 39.3 Å². The number of fused-ring (bicyclic) bond motifs is 1. The minimum atomic E-state index is -0.289. The van der Waals surface area contributed by atoms with Gasteiger partial charge in [0.2, 0.25) is 12.3 Å². The van der Waals surface area contributed by atoms with Crippen LogP contribution in [0.3, 0.4) is 0 Å². The summed E-state index contributed by atoms with van der Waals surface area (Å²) >= 11 is 0. The standard InChI is InChI=1S/C46H64N12O4/c1-7-8-38(56-25-23-54(24-26-56)30-34-13-18-55(19-14-34)36-9-11-37(12-10-36)58(32-59)22-17-40(60)47-5)27-35-28-39-41(50-35)48-31-49-42(39)57-20-15-33(16-21-57)29-53(6)44(61)43-51-45(52-62-43)46(2,3)4/h7-12,27-28,31-34H,13-26,29-30H2,1-6H3,(H,47,60)(H,48,49,50)/b8-7-,38-27+. The number of nitrogens with one attached hydrogen (secondary N) is 2. The number of carbonyl (C=O) groups excluding carboxylic acids is 3. The highest BCUT2D eigenvalue weighted by Crippen LogP contribution is 2.31. The molecule has 7 rings (SSSR count). The van der Waals surface area contributed by atoms with Crippen LogP contribution in [0.15, 0.2) is 59.0 Å². The van der Waals surface area contributed by atoms with Crippen molar-refractivity contribution in [1.29, 1.82) is 0 Å². The first-order valence-corrected chi connectivity index (χ1v) is 22.2. The molecule has 0 aliphatic carbocycles. The number of rotatable bonds is 15. The highest BCUT2D eigenvalue weighted by atomic mass is 16.5. The third-order valence-electron chi connectivity index (χ3n) is 12.5. The third-order valence-corrected chi connectivity index (χ3v) is 12.5. The SMILES string of the molecule is C/C=C\C(=C/c1cc2c(N3CCC(CN(C)C(=O)c4nc(C(C)(C)C)no4)CC3)ncnc2[nH]1)N1CCN(CC2CCN(c3ccc(N(C=O)CCC(=O)NC)cc3)CC2)CC1. The number of aromatic amines is 1. The zero-order chi connectivity index (χ0) is 43.8. The summed E-state index contributed by atoms with van der Waals surface area (Å²) in [7, 11) is 3.41. The van der Waals surface area contributed by atoms with E-state index < -0.39 is 0 Å². The molecule has 0 saturated carbocycles. The molecule has 16 nitrogen and oxygen atoms in total. The number of anilines is 3. The topological polar surface area (TPSA) is 163 Å². The molecule has 3 fully saturated rings. The van der Waals surface area contributed by atoms with Crippen LogP contribution in [-0.4, -0.2) is 144 Å². The van der Waals surface area contributed by atoms with Crippen LogP contribution in [0.2, 0.25) is 0 Å². The third kappa shape index (κ3) is 10.8. The fourth-order valence-corrected chi connectivity index (χ4v) is 8.80. The molecule has 2 N–H and O–H groups in total. The summed E-state index contributed by atoms with van der Waals surface area (Å²) in [4.78, 5) is 66.8. The van der Waals surface area contributed by atoms with Gasteiger partial charge in [-0.15, -0.1) is 0 Å². The monoisotopic (exact) mass is 849 g/mol. The number of hydrogen-bond acceptors (Lipinski definition) is 12. The van der Waals surface area contributed by atoms with Crippen molar-refractivity contribution in [2.24, 2.45) is 11.8 Å². The maximum absolute atomic E-state index is 13.1. The van der Waals surface area contributed by atoms with Gasteiger partial charge in [0.1, 0.15) is 17.8 Å². The number of amides is 3. The van der Waals surface area contributed by atoms with Gasteiger partial charge in [-0.2, -0.15) is 4.98 Å². The van der Waals surface area contributed by atoms with Gasteiger partial charge >= 0.3 is 11.8 Å². The van der Waals surface area contributed by atoms with Crippen LogP contribution in [0.25, 0.3) is 17.1 Å². The lowest BCUT2D eigenvalue weighted by atomic mass is 9.95. The van der Waals surface area contributed by atoms with Crippen LogP contribution in [0.5, 0.6) is 0 Å². The molecule has 0 atom stereocenters. The zero-order valence-electron chi connectivity index (χ0n) is 37.3. The van der Waals surface area contributed by atoms with E-state index in [1.54, 1.807) is 23.2 Å². The van der Waals surface area contributed by atoms with Crippen LogP contribution in [0, 0.1) is 11.8 Å². The quantitative estimate of drug-likeness (QED) is 0.119. The number of hydrogen-bond donors (Lipinski definition) is 2. The van der Waals surface area contributed by atoms with Gasteiger partial charge in [-0.3, -0.25) is 19.3 Å².